The Labute approximate surface area is 196 Å². The van der Waals surface area contributed by atoms with Crippen molar-refractivity contribution in [3.05, 3.63) is 118 Å². The van der Waals surface area contributed by atoms with Crippen molar-refractivity contribution >= 4 is 10.8 Å². The molecular formula is C30H20F4. The summed E-state index contributed by atoms with van der Waals surface area (Å²) in [5.74, 6) is 8.38. The van der Waals surface area contributed by atoms with Gasteiger partial charge in [-0.3, -0.25) is 0 Å². The summed E-state index contributed by atoms with van der Waals surface area (Å²) < 4.78 is 56.0. The first-order valence-electron chi connectivity index (χ1n) is 10.9. The van der Waals surface area contributed by atoms with Crippen molar-refractivity contribution < 1.29 is 17.6 Å². The fourth-order valence-corrected chi connectivity index (χ4v) is 3.51. The van der Waals surface area contributed by atoms with Crippen LogP contribution in [0.2, 0.25) is 0 Å². The van der Waals surface area contributed by atoms with E-state index in [1.54, 1.807) is 24.3 Å². The van der Waals surface area contributed by atoms with Crippen molar-refractivity contribution in [1.82, 2.24) is 0 Å². The molecule has 4 rings (SSSR count). The number of halogens is 4. The molecule has 0 saturated heterocycles. The van der Waals surface area contributed by atoms with Gasteiger partial charge in [-0.2, -0.15) is 0 Å². The summed E-state index contributed by atoms with van der Waals surface area (Å²) in [5, 5.41) is 0.661. The van der Waals surface area contributed by atoms with E-state index in [1.807, 2.05) is 6.07 Å². The summed E-state index contributed by atoms with van der Waals surface area (Å²) in [6.45, 7) is 2.08. The van der Waals surface area contributed by atoms with Crippen LogP contribution in [0.15, 0.2) is 66.7 Å². The van der Waals surface area contributed by atoms with Crippen LogP contribution in [0.1, 0.15) is 47.6 Å². The maximum absolute atomic E-state index is 14.5. The van der Waals surface area contributed by atoms with E-state index in [-0.39, 0.29) is 22.3 Å². The Morgan fingerprint density at radius 3 is 1.94 bits per heavy atom. The van der Waals surface area contributed by atoms with E-state index in [2.05, 4.69) is 30.6 Å². The van der Waals surface area contributed by atoms with Crippen molar-refractivity contribution in [2.24, 2.45) is 0 Å². The summed E-state index contributed by atoms with van der Waals surface area (Å²) in [5.41, 5.74) is 2.31. The third kappa shape index (κ3) is 5.30. The van der Waals surface area contributed by atoms with Gasteiger partial charge in [0.15, 0.2) is 11.6 Å². The highest BCUT2D eigenvalue weighted by Gasteiger charge is 2.07. The molecule has 4 heteroatoms. The minimum absolute atomic E-state index is 0.159. The molecule has 0 aliphatic heterocycles. The predicted molar refractivity (Wildman–Crippen MR) is 127 cm³/mol. The van der Waals surface area contributed by atoms with Gasteiger partial charge in [0.25, 0.3) is 0 Å². The van der Waals surface area contributed by atoms with Gasteiger partial charge in [0.2, 0.25) is 0 Å². The lowest BCUT2D eigenvalue weighted by atomic mass is 10.0. The zero-order chi connectivity index (χ0) is 24.1. The first-order chi connectivity index (χ1) is 16.4. The molecule has 0 amide bonds. The van der Waals surface area contributed by atoms with Gasteiger partial charge in [0, 0.05) is 16.5 Å². The maximum atomic E-state index is 14.5. The van der Waals surface area contributed by atoms with Crippen LogP contribution in [0.4, 0.5) is 17.6 Å². The Morgan fingerprint density at radius 2 is 1.26 bits per heavy atom. The number of benzene rings is 4. The van der Waals surface area contributed by atoms with Crippen LogP contribution in [0.25, 0.3) is 10.8 Å². The highest BCUT2D eigenvalue weighted by molar-refractivity contribution is 5.84. The quantitative estimate of drug-likeness (QED) is 0.221. The minimum atomic E-state index is -0.914. The van der Waals surface area contributed by atoms with Crippen LogP contribution in [-0.4, -0.2) is 0 Å². The molecule has 0 fully saturated rings. The lowest BCUT2D eigenvalue weighted by Crippen LogP contribution is -1.90. The second kappa shape index (κ2) is 10.3. The van der Waals surface area contributed by atoms with Crippen molar-refractivity contribution in [1.29, 1.82) is 0 Å². The summed E-state index contributed by atoms with van der Waals surface area (Å²) >= 11 is 0. The number of fused-ring (bicyclic) bond motifs is 1. The molecule has 0 unspecified atom stereocenters. The SMILES string of the molecule is CCCCc1ccc(C#Cc2ccc(C#Cc3ccc4c(F)c(F)ccc4c3)c(F)c2)c(F)c1. The second-order valence-electron chi connectivity index (χ2n) is 7.91. The van der Waals surface area contributed by atoms with Gasteiger partial charge in [0.05, 0.1) is 11.1 Å². The average Bonchev–Trinajstić information content (AvgIpc) is 2.84. The monoisotopic (exact) mass is 456 g/mol. The van der Waals surface area contributed by atoms with Crippen LogP contribution < -0.4 is 0 Å². The molecule has 0 atom stereocenters. The summed E-state index contributed by atoms with van der Waals surface area (Å²) in [6, 6.07) is 16.5. The fraction of sp³-hybridized carbons (Fsp3) is 0.133. The Bertz CT molecular complexity index is 1490. The van der Waals surface area contributed by atoms with E-state index in [0.717, 1.165) is 30.9 Å². The third-order valence-corrected chi connectivity index (χ3v) is 5.41. The normalized spacial score (nSPS) is 10.4. The zero-order valence-electron chi connectivity index (χ0n) is 18.5. The number of hydrogen-bond donors (Lipinski definition) is 0. The van der Waals surface area contributed by atoms with Crippen LogP contribution in [0, 0.1) is 47.0 Å². The molecule has 0 aromatic heterocycles. The lowest BCUT2D eigenvalue weighted by Gasteiger charge is -2.01. The van der Waals surface area contributed by atoms with Crippen molar-refractivity contribution in [2.45, 2.75) is 26.2 Å². The number of unbranched alkanes of at least 4 members (excludes halogenated alkanes) is 1. The van der Waals surface area contributed by atoms with E-state index >= 15 is 0 Å². The molecule has 0 radical (unpaired) electrons. The summed E-state index contributed by atoms with van der Waals surface area (Å²) in [4.78, 5) is 0. The molecule has 0 N–H and O–H groups in total. The van der Waals surface area contributed by atoms with E-state index in [1.165, 1.54) is 30.3 Å². The number of aryl methyl sites for hydroxylation is 1. The van der Waals surface area contributed by atoms with Gasteiger partial charge >= 0.3 is 0 Å². The molecule has 0 aliphatic carbocycles. The summed E-state index contributed by atoms with van der Waals surface area (Å²) in [6.07, 6.45) is 2.86. The van der Waals surface area contributed by atoms with Gasteiger partial charge < -0.3 is 0 Å². The molecule has 0 spiro atoms. The maximum Gasteiger partial charge on any atom is 0.166 e. The highest BCUT2D eigenvalue weighted by Crippen LogP contribution is 2.21. The summed E-state index contributed by atoms with van der Waals surface area (Å²) in [7, 11) is 0. The predicted octanol–water partition coefficient (Wildman–Crippen LogP) is 7.54. The molecular weight excluding hydrogens is 436 g/mol. The smallest absolute Gasteiger partial charge is 0.166 e. The molecule has 0 nitrogen and oxygen atoms in total. The second-order valence-corrected chi connectivity index (χ2v) is 7.91. The minimum Gasteiger partial charge on any atom is -0.206 e. The molecule has 0 aliphatic rings. The highest BCUT2D eigenvalue weighted by atomic mass is 19.2. The van der Waals surface area contributed by atoms with E-state index in [9.17, 15) is 17.6 Å². The molecule has 34 heavy (non-hydrogen) atoms. The zero-order valence-corrected chi connectivity index (χ0v) is 18.5. The number of hydrogen-bond acceptors (Lipinski definition) is 0. The molecule has 4 aromatic carbocycles. The lowest BCUT2D eigenvalue weighted by molar-refractivity contribution is 0.517. The van der Waals surface area contributed by atoms with Gasteiger partial charge in [-0.1, -0.05) is 55.2 Å². The Kier molecular flexibility index (Phi) is 7.00. The Hall–Kier alpha value is -4.02. The van der Waals surface area contributed by atoms with Crippen LogP contribution >= 0.6 is 0 Å². The van der Waals surface area contributed by atoms with E-state index in [4.69, 9.17) is 0 Å². The average molecular weight is 456 g/mol. The third-order valence-electron chi connectivity index (χ3n) is 5.41. The standard InChI is InChI=1S/C30H20F4/c1-2-3-4-20-5-10-23(28(32)18-20)12-7-22-8-13-24(29(33)19-22)11-6-21-9-15-26-25(17-21)14-16-27(31)30(26)34/h5,8-10,13-19H,2-4H2,1H3. The molecule has 4 aromatic rings. The Morgan fingerprint density at radius 1 is 0.618 bits per heavy atom. The molecule has 0 bridgehead atoms. The van der Waals surface area contributed by atoms with Gasteiger partial charge in [-0.05, 0) is 72.3 Å². The molecule has 0 saturated carbocycles. The van der Waals surface area contributed by atoms with Crippen molar-refractivity contribution in [3.63, 3.8) is 0 Å². The van der Waals surface area contributed by atoms with E-state index < -0.39 is 17.5 Å². The van der Waals surface area contributed by atoms with Gasteiger partial charge in [0.1, 0.15) is 11.6 Å². The van der Waals surface area contributed by atoms with Crippen LogP contribution in [0.5, 0.6) is 0 Å². The van der Waals surface area contributed by atoms with Crippen LogP contribution in [0.3, 0.4) is 0 Å². The van der Waals surface area contributed by atoms with Crippen LogP contribution in [-0.2, 0) is 6.42 Å². The molecule has 168 valence electrons. The first-order valence-corrected chi connectivity index (χ1v) is 10.9. The molecule has 0 heterocycles. The van der Waals surface area contributed by atoms with Gasteiger partial charge in [-0.15, -0.1) is 0 Å². The van der Waals surface area contributed by atoms with Crippen molar-refractivity contribution in [2.75, 3.05) is 0 Å². The van der Waals surface area contributed by atoms with Crippen molar-refractivity contribution in [3.8, 4) is 23.7 Å². The van der Waals surface area contributed by atoms with Gasteiger partial charge in [-0.25, -0.2) is 17.6 Å². The van der Waals surface area contributed by atoms with E-state index in [0.29, 0.717) is 16.5 Å². The largest absolute Gasteiger partial charge is 0.206 e. The fourth-order valence-electron chi connectivity index (χ4n) is 3.51. The Balaban J connectivity index is 1.53. The first kappa shape index (κ1) is 23.1. The topological polar surface area (TPSA) is 0 Å². The number of rotatable bonds is 3.